The predicted molar refractivity (Wildman–Crippen MR) is 88.7 cm³/mol. The minimum atomic E-state index is -1.16. The zero-order valence-corrected chi connectivity index (χ0v) is 15.1. The molecule has 1 aromatic heterocycles. The summed E-state index contributed by atoms with van der Waals surface area (Å²) in [4.78, 5) is 39.4. The van der Waals surface area contributed by atoms with Crippen molar-refractivity contribution in [3.8, 4) is 6.07 Å². The summed E-state index contributed by atoms with van der Waals surface area (Å²) in [5, 5.41) is 30.1. The van der Waals surface area contributed by atoms with Gasteiger partial charge in [0.05, 0.1) is 12.1 Å². The number of carboxylic acids is 1. The van der Waals surface area contributed by atoms with E-state index >= 15 is 0 Å². The number of aromatic nitrogens is 4. The van der Waals surface area contributed by atoms with E-state index in [1.165, 1.54) is 26.2 Å². The minimum absolute atomic E-state index is 0.00490. The second kappa shape index (κ2) is 6.34. The number of tetrazole rings is 1. The molecule has 12 heteroatoms. The average molecular weight is 389 g/mol. The Hall–Kier alpha value is -2.94. The molecule has 0 bridgehead atoms. The van der Waals surface area contributed by atoms with Crippen molar-refractivity contribution in [1.29, 1.82) is 5.26 Å². The summed E-state index contributed by atoms with van der Waals surface area (Å²) < 4.78 is 1.49. The van der Waals surface area contributed by atoms with E-state index < -0.39 is 17.9 Å². The number of nitriles is 1. The standard InChI is InChI=1S/C15H15N7O4S/c1-20-15(17-18-19-20)27-6-8-4-7-5-21(9(23)2-3-16)12-10(7)22(13(12)24)11(8)14(25)26/h7,10,12H,2,4-6H2,1H3,(H,25,26)/t7-,10-,12+/m1/s1. The van der Waals surface area contributed by atoms with Gasteiger partial charge in [0.15, 0.2) is 0 Å². The van der Waals surface area contributed by atoms with Gasteiger partial charge in [0.1, 0.15) is 18.2 Å². The van der Waals surface area contributed by atoms with Crippen LogP contribution in [0.4, 0.5) is 0 Å². The van der Waals surface area contributed by atoms with Gasteiger partial charge in [-0.1, -0.05) is 11.8 Å². The largest absolute Gasteiger partial charge is 0.477 e. The lowest BCUT2D eigenvalue weighted by Gasteiger charge is -2.49. The first-order valence-electron chi connectivity index (χ1n) is 8.24. The van der Waals surface area contributed by atoms with Gasteiger partial charge in [-0.3, -0.25) is 14.5 Å². The van der Waals surface area contributed by atoms with E-state index in [1.54, 1.807) is 7.05 Å². The average Bonchev–Trinajstić information content (AvgIpc) is 3.20. The van der Waals surface area contributed by atoms with E-state index in [4.69, 9.17) is 5.26 Å². The number of hydrogen-bond acceptors (Lipinski definition) is 8. The molecule has 3 aliphatic heterocycles. The monoisotopic (exact) mass is 389 g/mol. The Morgan fingerprint density at radius 1 is 1.44 bits per heavy atom. The van der Waals surface area contributed by atoms with Crippen molar-refractivity contribution in [2.45, 2.75) is 30.1 Å². The Morgan fingerprint density at radius 2 is 2.22 bits per heavy atom. The molecular weight excluding hydrogens is 374 g/mol. The fraction of sp³-hybridized carbons (Fsp3) is 0.533. The maximum atomic E-state index is 12.6. The summed E-state index contributed by atoms with van der Waals surface area (Å²) in [7, 11) is 1.69. The van der Waals surface area contributed by atoms with Gasteiger partial charge < -0.3 is 10.0 Å². The van der Waals surface area contributed by atoms with Crippen LogP contribution in [0.3, 0.4) is 0 Å². The summed E-state index contributed by atoms with van der Waals surface area (Å²) >= 11 is 1.30. The van der Waals surface area contributed by atoms with Crippen molar-refractivity contribution in [2.24, 2.45) is 13.0 Å². The number of aryl methyl sites for hydroxylation is 1. The number of carboxylic acid groups (broad SMARTS) is 1. The Morgan fingerprint density at radius 3 is 2.85 bits per heavy atom. The molecule has 4 heterocycles. The number of nitrogens with zero attached hydrogens (tertiary/aromatic N) is 7. The van der Waals surface area contributed by atoms with Gasteiger partial charge in [0, 0.05) is 25.3 Å². The maximum Gasteiger partial charge on any atom is 0.352 e. The summed E-state index contributed by atoms with van der Waals surface area (Å²) in [6.45, 7) is 0.352. The number of rotatable bonds is 5. The number of carbonyl (C=O) groups excluding carboxylic acids is 2. The lowest BCUT2D eigenvalue weighted by atomic mass is 9.79. The van der Waals surface area contributed by atoms with Crippen molar-refractivity contribution < 1.29 is 19.5 Å². The van der Waals surface area contributed by atoms with E-state index in [2.05, 4.69) is 15.5 Å². The molecule has 3 atom stereocenters. The van der Waals surface area contributed by atoms with Gasteiger partial charge in [-0.15, -0.1) is 5.10 Å². The maximum absolute atomic E-state index is 12.6. The third kappa shape index (κ3) is 2.57. The lowest BCUT2D eigenvalue weighted by Crippen LogP contribution is -2.69. The third-order valence-corrected chi connectivity index (χ3v) is 6.25. The van der Waals surface area contributed by atoms with Crippen molar-refractivity contribution in [3.05, 3.63) is 11.3 Å². The molecule has 140 valence electrons. The summed E-state index contributed by atoms with van der Waals surface area (Å²) in [6.07, 6.45) is 0.186. The second-order valence-electron chi connectivity index (χ2n) is 6.62. The zero-order chi connectivity index (χ0) is 19.3. The first-order valence-corrected chi connectivity index (χ1v) is 9.22. The molecule has 0 spiro atoms. The first-order chi connectivity index (χ1) is 12.9. The number of β-lactam (4-membered cyclic amide) rings is 1. The molecule has 1 aromatic rings. The fourth-order valence-corrected chi connectivity index (χ4v) is 4.96. The van der Waals surface area contributed by atoms with Crippen LogP contribution in [-0.4, -0.2) is 77.3 Å². The highest BCUT2D eigenvalue weighted by Crippen LogP contribution is 2.47. The topological polar surface area (TPSA) is 145 Å². The van der Waals surface area contributed by atoms with Crippen LogP contribution in [0.5, 0.6) is 0 Å². The van der Waals surface area contributed by atoms with Crippen LogP contribution in [0.25, 0.3) is 0 Å². The molecule has 0 radical (unpaired) electrons. The highest BCUT2D eigenvalue weighted by atomic mass is 32.2. The number of carbonyl (C=O) groups is 3. The molecule has 2 saturated heterocycles. The molecule has 4 rings (SSSR count). The van der Waals surface area contributed by atoms with Crippen LogP contribution in [-0.2, 0) is 21.4 Å². The molecule has 27 heavy (non-hydrogen) atoms. The smallest absolute Gasteiger partial charge is 0.352 e. The van der Waals surface area contributed by atoms with E-state index in [-0.39, 0.29) is 30.0 Å². The van der Waals surface area contributed by atoms with Crippen LogP contribution >= 0.6 is 11.8 Å². The highest BCUT2D eigenvalue weighted by Gasteiger charge is 2.63. The predicted octanol–water partition coefficient (Wildman–Crippen LogP) is -1.00. The Kier molecular flexibility index (Phi) is 4.11. The quantitative estimate of drug-likeness (QED) is 0.495. The number of thioether (sulfide) groups is 1. The third-order valence-electron chi connectivity index (χ3n) is 5.16. The highest BCUT2D eigenvalue weighted by molar-refractivity contribution is 7.99. The molecule has 0 saturated carbocycles. The van der Waals surface area contributed by atoms with Crippen LogP contribution in [0, 0.1) is 17.2 Å². The van der Waals surface area contributed by atoms with Crippen LogP contribution < -0.4 is 0 Å². The van der Waals surface area contributed by atoms with Gasteiger partial charge in [0.25, 0.3) is 5.91 Å². The Labute approximate surface area is 157 Å². The van der Waals surface area contributed by atoms with Crippen molar-refractivity contribution in [3.63, 3.8) is 0 Å². The molecule has 0 unspecified atom stereocenters. The van der Waals surface area contributed by atoms with Crippen molar-refractivity contribution >= 4 is 29.5 Å². The number of aliphatic carboxylic acids is 1. The fourth-order valence-electron chi connectivity index (χ4n) is 4.09. The van der Waals surface area contributed by atoms with E-state index in [0.717, 1.165) is 0 Å². The van der Waals surface area contributed by atoms with Gasteiger partial charge in [-0.2, -0.15) is 5.26 Å². The van der Waals surface area contributed by atoms with Crippen molar-refractivity contribution in [1.82, 2.24) is 30.0 Å². The summed E-state index contributed by atoms with van der Waals surface area (Å²) in [6, 6.07) is 0.837. The van der Waals surface area contributed by atoms with Crippen LogP contribution in [0.1, 0.15) is 12.8 Å². The summed E-state index contributed by atoms with van der Waals surface area (Å²) in [5.74, 6) is -1.64. The van der Waals surface area contributed by atoms with Gasteiger partial charge in [0.2, 0.25) is 11.1 Å². The van der Waals surface area contributed by atoms with Gasteiger partial charge in [-0.25, -0.2) is 9.48 Å². The molecule has 0 aliphatic carbocycles. The van der Waals surface area contributed by atoms with Gasteiger partial charge >= 0.3 is 5.97 Å². The molecule has 3 aliphatic rings. The Balaban J connectivity index is 1.60. The molecule has 2 amide bonds. The van der Waals surface area contributed by atoms with Crippen LogP contribution in [0.2, 0.25) is 0 Å². The molecule has 0 aromatic carbocycles. The molecule has 11 nitrogen and oxygen atoms in total. The van der Waals surface area contributed by atoms with E-state index in [9.17, 15) is 19.5 Å². The number of likely N-dealkylation sites (tertiary alicyclic amines) is 1. The van der Waals surface area contributed by atoms with E-state index in [0.29, 0.717) is 29.4 Å². The lowest BCUT2D eigenvalue weighted by molar-refractivity contribution is -0.160. The SMILES string of the molecule is Cn1nnnc1SCC1=C(C(=O)O)N2C(=O)[C@@H]3[C@H]2[C@H](C1)CN3C(=O)CC#N. The van der Waals surface area contributed by atoms with Crippen molar-refractivity contribution in [2.75, 3.05) is 12.3 Å². The Bertz CT molecular complexity index is 920. The number of hydrogen-bond donors (Lipinski definition) is 1. The minimum Gasteiger partial charge on any atom is -0.477 e. The van der Waals surface area contributed by atoms with Gasteiger partial charge in [-0.05, 0) is 22.4 Å². The van der Waals surface area contributed by atoms with Crippen LogP contribution in [0.15, 0.2) is 16.4 Å². The molecule has 2 fully saturated rings. The first kappa shape index (κ1) is 17.5. The molecule has 1 N–H and O–H groups in total. The second-order valence-corrected chi connectivity index (χ2v) is 7.56. The number of amides is 2. The normalized spacial score (nSPS) is 25.9. The zero-order valence-electron chi connectivity index (χ0n) is 14.3. The summed E-state index contributed by atoms with van der Waals surface area (Å²) in [5.41, 5.74) is 0.618. The molecular formula is C15H15N7O4S. The van der Waals surface area contributed by atoms with E-state index in [1.807, 2.05) is 6.07 Å².